The number of halogens is 4. The summed E-state index contributed by atoms with van der Waals surface area (Å²) in [6.45, 7) is 2.01. The fourth-order valence-electron chi connectivity index (χ4n) is 3.02. The molecular weight excluding hydrogens is 450 g/mol. The number of anilines is 4. The quantitative estimate of drug-likeness (QED) is 0.321. The lowest BCUT2D eigenvalue weighted by Gasteiger charge is -2.14. The highest BCUT2D eigenvalue weighted by Gasteiger charge is 2.12. The Hall–Kier alpha value is -2.24. The van der Waals surface area contributed by atoms with Gasteiger partial charge in [0, 0.05) is 36.9 Å². The van der Waals surface area contributed by atoms with Crippen LogP contribution in [0.25, 0.3) is 10.9 Å². The summed E-state index contributed by atoms with van der Waals surface area (Å²) in [5.41, 5.74) is 3.23. The molecule has 0 fully saturated rings. The minimum atomic E-state index is 0.400. The number of hydrogen-bond donors (Lipinski definition) is 2. The largest absolute Gasteiger partial charge is 0.339 e. The molecule has 0 aliphatic carbocycles. The van der Waals surface area contributed by atoms with Crippen LogP contribution >= 0.6 is 46.4 Å². The maximum atomic E-state index is 6.14. The highest BCUT2D eigenvalue weighted by atomic mass is 35.5. The van der Waals surface area contributed by atoms with Crippen molar-refractivity contribution >= 4 is 80.4 Å². The van der Waals surface area contributed by atoms with Gasteiger partial charge >= 0.3 is 0 Å². The van der Waals surface area contributed by atoms with Gasteiger partial charge in [0.05, 0.1) is 5.52 Å². The zero-order valence-corrected chi connectivity index (χ0v) is 18.1. The zero-order valence-electron chi connectivity index (χ0n) is 15.1. The number of rotatable bonds is 4. The number of hydrogen-bond acceptors (Lipinski definition) is 4. The first-order chi connectivity index (χ1) is 13.9. The molecule has 2 N–H and O–H groups in total. The van der Waals surface area contributed by atoms with E-state index in [0.717, 1.165) is 22.2 Å². The molecule has 0 aliphatic rings. The Morgan fingerprint density at radius 1 is 0.690 bits per heavy atom. The smallest absolute Gasteiger partial charge is 0.229 e. The lowest BCUT2D eigenvalue weighted by atomic mass is 10.1. The Morgan fingerprint density at radius 2 is 1.24 bits per heavy atom. The van der Waals surface area contributed by atoms with Crippen molar-refractivity contribution in [2.24, 2.45) is 0 Å². The molecule has 146 valence electrons. The molecule has 0 amide bonds. The van der Waals surface area contributed by atoms with Crippen LogP contribution in [0.3, 0.4) is 0 Å². The highest BCUT2D eigenvalue weighted by Crippen LogP contribution is 2.32. The third-order valence-electron chi connectivity index (χ3n) is 4.18. The topological polar surface area (TPSA) is 49.8 Å². The Kier molecular flexibility index (Phi) is 5.70. The maximum Gasteiger partial charge on any atom is 0.229 e. The number of benzene rings is 3. The van der Waals surface area contributed by atoms with Crippen LogP contribution in [0.1, 0.15) is 5.56 Å². The predicted octanol–water partition coefficient (Wildman–Crippen LogP) is 8.04. The minimum absolute atomic E-state index is 0.400. The number of nitrogens with one attached hydrogen (secondary N) is 2. The average Bonchev–Trinajstić information content (AvgIpc) is 2.59. The van der Waals surface area contributed by atoms with E-state index >= 15 is 0 Å². The Balaban J connectivity index is 1.81. The molecule has 8 heteroatoms. The maximum absolute atomic E-state index is 6.14. The lowest BCUT2D eigenvalue weighted by molar-refractivity contribution is 1.21. The van der Waals surface area contributed by atoms with E-state index in [9.17, 15) is 0 Å². The molecule has 0 bridgehead atoms. The first-order valence-electron chi connectivity index (χ1n) is 8.61. The predicted molar refractivity (Wildman–Crippen MR) is 124 cm³/mol. The van der Waals surface area contributed by atoms with Crippen LogP contribution < -0.4 is 10.6 Å². The molecule has 4 rings (SSSR count). The first-order valence-corrected chi connectivity index (χ1v) is 10.1. The van der Waals surface area contributed by atoms with E-state index in [1.165, 1.54) is 0 Å². The van der Waals surface area contributed by atoms with Gasteiger partial charge in [-0.3, -0.25) is 0 Å². The minimum Gasteiger partial charge on any atom is -0.339 e. The van der Waals surface area contributed by atoms with Gasteiger partial charge in [0.2, 0.25) is 5.95 Å². The Labute approximate surface area is 187 Å². The van der Waals surface area contributed by atoms with Crippen LogP contribution in [-0.4, -0.2) is 9.97 Å². The summed E-state index contributed by atoms with van der Waals surface area (Å²) in [7, 11) is 0. The van der Waals surface area contributed by atoms with Crippen molar-refractivity contribution < 1.29 is 0 Å². The number of aryl methyl sites for hydroxylation is 1. The molecule has 1 heterocycles. The van der Waals surface area contributed by atoms with E-state index in [1.54, 1.807) is 36.4 Å². The molecule has 0 unspecified atom stereocenters. The summed E-state index contributed by atoms with van der Waals surface area (Å²) in [6, 6.07) is 16.3. The van der Waals surface area contributed by atoms with Gasteiger partial charge in [-0.05, 0) is 55.0 Å². The van der Waals surface area contributed by atoms with E-state index in [2.05, 4.69) is 20.6 Å². The van der Waals surface area contributed by atoms with Crippen molar-refractivity contribution in [3.05, 3.63) is 80.3 Å². The fourth-order valence-corrected chi connectivity index (χ4v) is 4.07. The van der Waals surface area contributed by atoms with E-state index in [0.29, 0.717) is 37.5 Å². The van der Waals surface area contributed by atoms with Crippen LogP contribution in [0.4, 0.5) is 23.1 Å². The molecule has 0 radical (unpaired) electrons. The molecule has 3 aromatic carbocycles. The van der Waals surface area contributed by atoms with Crippen molar-refractivity contribution in [2.45, 2.75) is 6.92 Å². The molecule has 0 saturated carbocycles. The van der Waals surface area contributed by atoms with Crippen molar-refractivity contribution in [1.29, 1.82) is 0 Å². The van der Waals surface area contributed by atoms with Crippen molar-refractivity contribution in [3.63, 3.8) is 0 Å². The van der Waals surface area contributed by atoms with Crippen LogP contribution in [0.2, 0.25) is 20.1 Å². The van der Waals surface area contributed by atoms with E-state index in [-0.39, 0.29) is 0 Å². The molecule has 4 nitrogen and oxygen atoms in total. The van der Waals surface area contributed by atoms with Crippen LogP contribution in [0.15, 0.2) is 54.6 Å². The average molecular weight is 464 g/mol. The standard InChI is InChI=1S/C21H14Cl4N4/c1-11-3-2-4-18-19(11)20(26-16-7-12(22)5-13(23)8-16)29-21(28-18)27-17-9-14(24)6-15(25)10-17/h2-10H,1H3,(H2,26,27,28,29). The lowest BCUT2D eigenvalue weighted by Crippen LogP contribution is -2.03. The molecule has 0 saturated heterocycles. The van der Waals surface area contributed by atoms with Gasteiger partial charge in [-0.15, -0.1) is 0 Å². The fraction of sp³-hybridized carbons (Fsp3) is 0.0476. The number of aromatic nitrogens is 2. The Morgan fingerprint density at radius 3 is 1.83 bits per heavy atom. The molecular formula is C21H14Cl4N4. The van der Waals surface area contributed by atoms with Gasteiger partial charge in [-0.1, -0.05) is 58.5 Å². The first kappa shape index (κ1) is 20.0. The number of fused-ring (bicyclic) bond motifs is 1. The summed E-state index contributed by atoms with van der Waals surface area (Å²) in [5.74, 6) is 1.03. The van der Waals surface area contributed by atoms with Crippen LogP contribution in [0, 0.1) is 6.92 Å². The van der Waals surface area contributed by atoms with Crippen LogP contribution in [-0.2, 0) is 0 Å². The number of nitrogens with zero attached hydrogens (tertiary/aromatic N) is 2. The third-order valence-corrected chi connectivity index (χ3v) is 5.05. The van der Waals surface area contributed by atoms with Gasteiger partial charge in [0.15, 0.2) is 0 Å². The normalized spacial score (nSPS) is 10.9. The van der Waals surface area contributed by atoms with Crippen molar-refractivity contribution in [1.82, 2.24) is 9.97 Å². The van der Waals surface area contributed by atoms with Crippen LogP contribution in [0.5, 0.6) is 0 Å². The second-order valence-corrected chi connectivity index (χ2v) is 8.18. The second kappa shape index (κ2) is 8.25. The van der Waals surface area contributed by atoms with Gasteiger partial charge in [0.1, 0.15) is 5.82 Å². The molecule has 4 aromatic rings. The van der Waals surface area contributed by atoms with Gasteiger partial charge in [0.25, 0.3) is 0 Å². The molecule has 0 atom stereocenters. The van der Waals surface area contributed by atoms with Crippen molar-refractivity contribution in [3.8, 4) is 0 Å². The summed E-state index contributed by atoms with van der Waals surface area (Å²) in [5, 5.41) is 9.46. The Bertz CT molecular complexity index is 1190. The van der Waals surface area contributed by atoms with E-state index in [1.807, 2.05) is 25.1 Å². The van der Waals surface area contributed by atoms with Gasteiger partial charge in [-0.2, -0.15) is 4.98 Å². The second-order valence-electron chi connectivity index (χ2n) is 6.43. The molecule has 1 aromatic heterocycles. The monoisotopic (exact) mass is 462 g/mol. The summed E-state index contributed by atoms with van der Waals surface area (Å²) in [6.07, 6.45) is 0. The summed E-state index contributed by atoms with van der Waals surface area (Å²) < 4.78 is 0. The van der Waals surface area contributed by atoms with Crippen molar-refractivity contribution in [2.75, 3.05) is 10.6 Å². The zero-order chi connectivity index (χ0) is 20.5. The molecule has 0 spiro atoms. The van der Waals surface area contributed by atoms with Gasteiger partial charge < -0.3 is 10.6 Å². The summed E-state index contributed by atoms with van der Waals surface area (Å²) in [4.78, 5) is 9.29. The summed E-state index contributed by atoms with van der Waals surface area (Å²) >= 11 is 24.5. The van der Waals surface area contributed by atoms with E-state index < -0.39 is 0 Å². The third kappa shape index (κ3) is 4.68. The highest BCUT2D eigenvalue weighted by molar-refractivity contribution is 6.35. The SMILES string of the molecule is Cc1cccc2nc(Nc3cc(Cl)cc(Cl)c3)nc(Nc3cc(Cl)cc(Cl)c3)c12. The molecule has 0 aliphatic heterocycles. The van der Waals surface area contributed by atoms with E-state index in [4.69, 9.17) is 46.4 Å². The van der Waals surface area contributed by atoms with Gasteiger partial charge in [-0.25, -0.2) is 4.98 Å². The molecule has 29 heavy (non-hydrogen) atoms.